The number of amides is 1. The Morgan fingerprint density at radius 3 is 2.67 bits per heavy atom. The van der Waals surface area contributed by atoms with Gasteiger partial charge in [0.25, 0.3) is 0 Å². The summed E-state index contributed by atoms with van der Waals surface area (Å²) in [5, 5.41) is 1.16. The summed E-state index contributed by atoms with van der Waals surface area (Å²) >= 11 is 0. The molecule has 0 radical (unpaired) electrons. The van der Waals surface area contributed by atoms with Crippen molar-refractivity contribution in [1.29, 1.82) is 0 Å². The van der Waals surface area contributed by atoms with Gasteiger partial charge in [-0.15, -0.1) is 0 Å². The van der Waals surface area contributed by atoms with Gasteiger partial charge in [0.05, 0.1) is 6.42 Å². The van der Waals surface area contributed by atoms with Crippen LogP contribution in [0.15, 0.2) is 24.4 Å². The number of likely N-dealkylation sites (N-methyl/N-ethyl adjacent to an activating group) is 1. The van der Waals surface area contributed by atoms with E-state index in [0.717, 1.165) is 29.6 Å². The largest absolute Gasteiger partial charge is 0.361 e. The third kappa shape index (κ3) is 2.26. The second-order valence-electron chi connectivity index (χ2n) is 4.55. The third-order valence-electron chi connectivity index (χ3n) is 3.47. The fraction of sp³-hybridized carbons (Fsp3) is 0.400. The molecule has 1 N–H and O–H groups in total. The van der Waals surface area contributed by atoms with E-state index in [0.29, 0.717) is 6.42 Å². The molecule has 1 aromatic carbocycles. The number of nitrogens with zero attached hydrogens (tertiary/aromatic N) is 1. The number of para-hydroxylation sites is 1. The molecule has 96 valence electrons. The van der Waals surface area contributed by atoms with Crippen LogP contribution in [-0.2, 0) is 11.2 Å². The van der Waals surface area contributed by atoms with Gasteiger partial charge >= 0.3 is 0 Å². The number of carbonyl (C=O) groups is 1. The third-order valence-corrected chi connectivity index (χ3v) is 3.47. The number of aromatic nitrogens is 1. The fourth-order valence-corrected chi connectivity index (χ4v) is 2.36. The number of carbonyl (C=O) groups excluding carboxylic acids is 1. The number of nitrogens with one attached hydrogen (secondary N) is 1. The van der Waals surface area contributed by atoms with E-state index >= 15 is 0 Å². The minimum absolute atomic E-state index is 0.197. The maximum atomic E-state index is 12.1. The number of benzene rings is 1. The number of rotatable bonds is 4. The standard InChI is InChI=1S/C15H20N2O/c1-4-17(5-2)14(18)9-12-10-16-15-11(3)7-6-8-13(12)15/h6-8,10,16H,4-5,9H2,1-3H3. The SMILES string of the molecule is CCN(CC)C(=O)Cc1c[nH]c2c(C)cccc12. The van der Waals surface area contributed by atoms with E-state index in [9.17, 15) is 4.79 Å². The molecule has 0 unspecified atom stereocenters. The zero-order valence-electron chi connectivity index (χ0n) is 11.3. The van der Waals surface area contributed by atoms with Gasteiger partial charge in [-0.1, -0.05) is 18.2 Å². The number of hydrogen-bond acceptors (Lipinski definition) is 1. The summed E-state index contributed by atoms with van der Waals surface area (Å²) in [5.74, 6) is 0.197. The summed E-state index contributed by atoms with van der Waals surface area (Å²) in [6, 6.07) is 6.19. The molecule has 18 heavy (non-hydrogen) atoms. The maximum Gasteiger partial charge on any atom is 0.227 e. The maximum absolute atomic E-state index is 12.1. The molecular formula is C15H20N2O. The normalized spacial score (nSPS) is 10.8. The Balaban J connectivity index is 2.27. The number of fused-ring (bicyclic) bond motifs is 1. The fourth-order valence-electron chi connectivity index (χ4n) is 2.36. The Morgan fingerprint density at radius 2 is 2.00 bits per heavy atom. The highest BCUT2D eigenvalue weighted by molar-refractivity contribution is 5.90. The van der Waals surface area contributed by atoms with Crippen molar-refractivity contribution in [3.63, 3.8) is 0 Å². The summed E-state index contributed by atoms with van der Waals surface area (Å²) < 4.78 is 0. The highest BCUT2D eigenvalue weighted by Gasteiger charge is 2.13. The van der Waals surface area contributed by atoms with E-state index in [1.54, 1.807) is 0 Å². The topological polar surface area (TPSA) is 36.1 Å². The van der Waals surface area contributed by atoms with Gasteiger partial charge in [0, 0.05) is 30.2 Å². The molecule has 0 saturated heterocycles. The molecule has 1 amide bonds. The lowest BCUT2D eigenvalue weighted by atomic mass is 10.1. The van der Waals surface area contributed by atoms with Crippen molar-refractivity contribution in [3.05, 3.63) is 35.5 Å². The average Bonchev–Trinajstić information content (AvgIpc) is 2.76. The lowest BCUT2D eigenvalue weighted by Crippen LogP contribution is -2.31. The number of H-pyrrole nitrogens is 1. The van der Waals surface area contributed by atoms with Crippen LogP contribution in [0.5, 0.6) is 0 Å². The first-order valence-corrected chi connectivity index (χ1v) is 6.50. The van der Waals surface area contributed by atoms with Gasteiger partial charge in [-0.2, -0.15) is 0 Å². The molecule has 3 nitrogen and oxygen atoms in total. The molecule has 1 heterocycles. The smallest absolute Gasteiger partial charge is 0.227 e. The second-order valence-corrected chi connectivity index (χ2v) is 4.55. The van der Waals surface area contributed by atoms with Crippen LogP contribution in [0.3, 0.4) is 0 Å². The van der Waals surface area contributed by atoms with Crippen molar-refractivity contribution >= 4 is 16.8 Å². The lowest BCUT2D eigenvalue weighted by molar-refractivity contribution is -0.130. The van der Waals surface area contributed by atoms with Crippen LogP contribution >= 0.6 is 0 Å². The van der Waals surface area contributed by atoms with Gasteiger partial charge < -0.3 is 9.88 Å². The van der Waals surface area contributed by atoms with Gasteiger partial charge in [-0.05, 0) is 31.9 Å². The zero-order chi connectivity index (χ0) is 13.1. The molecule has 2 aromatic rings. The Hall–Kier alpha value is -1.77. The van der Waals surface area contributed by atoms with Crippen LogP contribution in [0.2, 0.25) is 0 Å². The first-order chi connectivity index (χ1) is 8.67. The minimum atomic E-state index is 0.197. The second kappa shape index (κ2) is 5.25. The van der Waals surface area contributed by atoms with Gasteiger partial charge in [0.1, 0.15) is 0 Å². The highest BCUT2D eigenvalue weighted by Crippen LogP contribution is 2.21. The molecule has 2 rings (SSSR count). The predicted molar refractivity (Wildman–Crippen MR) is 74.7 cm³/mol. The van der Waals surface area contributed by atoms with Crippen molar-refractivity contribution in [2.45, 2.75) is 27.2 Å². The number of aromatic amines is 1. The molecule has 3 heteroatoms. The summed E-state index contributed by atoms with van der Waals surface area (Å²) in [6.45, 7) is 7.66. The van der Waals surface area contributed by atoms with Crippen LogP contribution in [0.4, 0.5) is 0 Å². The lowest BCUT2D eigenvalue weighted by Gasteiger charge is -2.18. The minimum Gasteiger partial charge on any atom is -0.361 e. The van der Waals surface area contributed by atoms with Crippen LogP contribution in [0.25, 0.3) is 10.9 Å². The summed E-state index contributed by atoms with van der Waals surface area (Å²) in [6.07, 6.45) is 2.43. The molecule has 0 fully saturated rings. The van der Waals surface area contributed by atoms with Gasteiger partial charge in [0.15, 0.2) is 0 Å². The molecule has 0 saturated carbocycles. The first kappa shape index (κ1) is 12.7. The predicted octanol–water partition coefficient (Wildman–Crippen LogP) is 2.89. The van der Waals surface area contributed by atoms with Crippen molar-refractivity contribution in [1.82, 2.24) is 9.88 Å². The Kier molecular flexibility index (Phi) is 3.70. The molecule has 0 spiro atoms. The molecule has 0 aliphatic carbocycles. The Labute approximate surface area is 108 Å². The van der Waals surface area contributed by atoms with Crippen LogP contribution < -0.4 is 0 Å². The molecule has 0 aliphatic heterocycles. The van der Waals surface area contributed by atoms with Gasteiger partial charge in [-0.25, -0.2) is 0 Å². The quantitative estimate of drug-likeness (QED) is 0.882. The van der Waals surface area contributed by atoms with E-state index in [4.69, 9.17) is 0 Å². The van der Waals surface area contributed by atoms with Crippen molar-refractivity contribution < 1.29 is 4.79 Å². The summed E-state index contributed by atoms with van der Waals surface area (Å²) in [5.41, 5.74) is 3.44. The Bertz CT molecular complexity index is 553. The number of hydrogen-bond donors (Lipinski definition) is 1. The van der Waals surface area contributed by atoms with Crippen molar-refractivity contribution in [2.24, 2.45) is 0 Å². The van der Waals surface area contributed by atoms with Gasteiger partial charge in [0.2, 0.25) is 5.91 Å². The average molecular weight is 244 g/mol. The van der Waals surface area contributed by atoms with Crippen LogP contribution in [0.1, 0.15) is 25.0 Å². The molecule has 0 atom stereocenters. The number of aryl methyl sites for hydroxylation is 1. The molecular weight excluding hydrogens is 224 g/mol. The highest BCUT2D eigenvalue weighted by atomic mass is 16.2. The van der Waals surface area contributed by atoms with Crippen LogP contribution in [0, 0.1) is 6.92 Å². The first-order valence-electron chi connectivity index (χ1n) is 6.50. The molecule has 1 aromatic heterocycles. The summed E-state index contributed by atoms with van der Waals surface area (Å²) in [7, 11) is 0. The van der Waals surface area contributed by atoms with Gasteiger partial charge in [-0.3, -0.25) is 4.79 Å². The van der Waals surface area contributed by atoms with Crippen molar-refractivity contribution in [3.8, 4) is 0 Å². The Morgan fingerprint density at radius 1 is 1.28 bits per heavy atom. The van der Waals surface area contributed by atoms with Crippen LogP contribution in [-0.4, -0.2) is 28.9 Å². The van der Waals surface area contributed by atoms with E-state index in [2.05, 4.69) is 24.0 Å². The van der Waals surface area contributed by atoms with E-state index in [-0.39, 0.29) is 5.91 Å². The molecule has 0 bridgehead atoms. The zero-order valence-corrected chi connectivity index (χ0v) is 11.3. The monoisotopic (exact) mass is 244 g/mol. The van der Waals surface area contributed by atoms with E-state index < -0.39 is 0 Å². The molecule has 0 aliphatic rings. The summed E-state index contributed by atoms with van der Waals surface area (Å²) in [4.78, 5) is 17.2. The van der Waals surface area contributed by atoms with Crippen molar-refractivity contribution in [2.75, 3.05) is 13.1 Å². The van der Waals surface area contributed by atoms with E-state index in [1.807, 2.05) is 31.0 Å². The van der Waals surface area contributed by atoms with E-state index in [1.165, 1.54) is 5.56 Å².